The molecule has 0 radical (unpaired) electrons. The summed E-state index contributed by atoms with van der Waals surface area (Å²) in [5, 5.41) is 3.82. The molecule has 5 nitrogen and oxygen atoms in total. The number of ether oxygens (including phenoxy) is 1. The molecule has 1 heterocycles. The van der Waals surface area contributed by atoms with Gasteiger partial charge >= 0.3 is 0 Å². The Morgan fingerprint density at radius 2 is 1.85 bits per heavy atom. The van der Waals surface area contributed by atoms with Gasteiger partial charge in [0.05, 0.1) is 12.6 Å². The summed E-state index contributed by atoms with van der Waals surface area (Å²) in [5.41, 5.74) is 3.12. The highest BCUT2D eigenvalue weighted by Gasteiger charge is 2.24. The summed E-state index contributed by atoms with van der Waals surface area (Å²) in [4.78, 5) is 25.8. The van der Waals surface area contributed by atoms with Crippen LogP contribution in [0.5, 0.6) is 5.75 Å². The highest BCUT2D eigenvalue weighted by Crippen LogP contribution is 2.29. The van der Waals surface area contributed by atoms with E-state index in [9.17, 15) is 9.59 Å². The second-order valence-corrected chi connectivity index (χ2v) is 6.67. The number of nitrogens with one attached hydrogen (secondary N) is 1. The van der Waals surface area contributed by atoms with Gasteiger partial charge in [-0.15, -0.1) is 0 Å². The van der Waals surface area contributed by atoms with Crippen LogP contribution in [0.4, 0.5) is 5.69 Å². The van der Waals surface area contributed by atoms with Gasteiger partial charge in [0.2, 0.25) is 5.91 Å². The number of carbonyl (C=O) groups is 1. The fourth-order valence-corrected chi connectivity index (χ4v) is 3.35. The zero-order valence-corrected chi connectivity index (χ0v) is 16.1. The highest BCUT2D eigenvalue weighted by molar-refractivity contribution is 5.96. The minimum absolute atomic E-state index is 0.213. The molecule has 0 saturated heterocycles. The molecule has 0 spiro atoms. The largest absolute Gasteiger partial charge is 0.495 e. The SMILES string of the molecule is CC[C@@H](C(=O)Nc1ccc(C)cc1)n1c(=O)cc(C)c2cccc(OC)c21. The van der Waals surface area contributed by atoms with Gasteiger partial charge in [0.1, 0.15) is 11.8 Å². The minimum Gasteiger partial charge on any atom is -0.495 e. The molecule has 140 valence electrons. The summed E-state index contributed by atoms with van der Waals surface area (Å²) in [6.45, 7) is 5.78. The molecule has 1 atom stereocenters. The molecule has 3 aromatic rings. The van der Waals surface area contributed by atoms with Gasteiger partial charge in [-0.2, -0.15) is 0 Å². The lowest BCUT2D eigenvalue weighted by molar-refractivity contribution is -0.119. The number of nitrogens with zero attached hydrogens (tertiary/aromatic N) is 1. The van der Waals surface area contributed by atoms with Crippen molar-refractivity contribution in [2.45, 2.75) is 33.2 Å². The monoisotopic (exact) mass is 364 g/mol. The Kier molecular flexibility index (Phi) is 5.31. The number of fused-ring (bicyclic) bond motifs is 1. The summed E-state index contributed by atoms with van der Waals surface area (Å²) < 4.78 is 7.04. The highest BCUT2D eigenvalue weighted by atomic mass is 16.5. The number of amides is 1. The topological polar surface area (TPSA) is 60.3 Å². The molecule has 0 fully saturated rings. The summed E-state index contributed by atoms with van der Waals surface area (Å²) in [6.07, 6.45) is 0.480. The van der Waals surface area contributed by atoms with Crippen molar-refractivity contribution in [3.05, 3.63) is 70.0 Å². The molecule has 1 N–H and O–H groups in total. The number of benzene rings is 2. The zero-order valence-electron chi connectivity index (χ0n) is 16.1. The maximum atomic E-state index is 13.0. The molecule has 0 aliphatic heterocycles. The first-order valence-electron chi connectivity index (χ1n) is 9.02. The molecule has 1 aromatic heterocycles. The lowest BCUT2D eigenvalue weighted by Crippen LogP contribution is -2.33. The smallest absolute Gasteiger partial charge is 0.252 e. The van der Waals surface area contributed by atoms with E-state index in [2.05, 4.69) is 5.32 Å². The standard InChI is InChI=1S/C22H24N2O3/c1-5-18(22(26)23-16-11-9-14(2)10-12-16)24-20(25)13-15(3)17-7-6-8-19(27-4)21(17)24/h6-13,18H,5H2,1-4H3,(H,23,26)/t18-/m0/s1. The molecule has 0 saturated carbocycles. The number of hydrogen-bond donors (Lipinski definition) is 1. The molecule has 27 heavy (non-hydrogen) atoms. The molecule has 0 unspecified atom stereocenters. The summed E-state index contributed by atoms with van der Waals surface area (Å²) in [7, 11) is 1.57. The van der Waals surface area contributed by atoms with E-state index in [1.54, 1.807) is 17.7 Å². The number of aryl methyl sites for hydroxylation is 2. The second-order valence-electron chi connectivity index (χ2n) is 6.67. The Labute approximate surface area is 158 Å². The Bertz CT molecular complexity index is 1040. The van der Waals surface area contributed by atoms with E-state index in [1.165, 1.54) is 0 Å². The molecule has 5 heteroatoms. The van der Waals surface area contributed by atoms with E-state index >= 15 is 0 Å². The Balaban J connectivity index is 2.12. The van der Waals surface area contributed by atoms with Crippen LogP contribution in [0.2, 0.25) is 0 Å². The van der Waals surface area contributed by atoms with Crippen LogP contribution in [0.1, 0.15) is 30.5 Å². The van der Waals surface area contributed by atoms with Crippen molar-refractivity contribution < 1.29 is 9.53 Å². The van der Waals surface area contributed by atoms with Crippen LogP contribution < -0.4 is 15.6 Å². The third-order valence-corrected chi connectivity index (χ3v) is 4.78. The molecule has 0 bridgehead atoms. The number of methoxy groups -OCH3 is 1. The number of aromatic nitrogens is 1. The maximum Gasteiger partial charge on any atom is 0.252 e. The van der Waals surface area contributed by atoms with Crippen molar-refractivity contribution in [2.24, 2.45) is 0 Å². The van der Waals surface area contributed by atoms with Gasteiger partial charge in [0.15, 0.2) is 0 Å². The van der Waals surface area contributed by atoms with Crippen molar-refractivity contribution in [3.8, 4) is 5.75 Å². The molecular formula is C22H24N2O3. The summed E-state index contributed by atoms with van der Waals surface area (Å²) >= 11 is 0. The lowest BCUT2D eigenvalue weighted by Gasteiger charge is -2.22. The minimum atomic E-state index is -0.641. The van der Waals surface area contributed by atoms with E-state index in [4.69, 9.17) is 4.74 Å². The van der Waals surface area contributed by atoms with Gasteiger partial charge in [-0.3, -0.25) is 14.2 Å². The van der Waals surface area contributed by atoms with Crippen LogP contribution in [-0.4, -0.2) is 17.6 Å². The number of rotatable bonds is 5. The van der Waals surface area contributed by atoms with E-state index < -0.39 is 6.04 Å². The van der Waals surface area contributed by atoms with Crippen molar-refractivity contribution >= 4 is 22.5 Å². The average Bonchev–Trinajstić information content (AvgIpc) is 2.66. The van der Waals surface area contributed by atoms with E-state index in [0.29, 0.717) is 23.4 Å². The average molecular weight is 364 g/mol. The summed E-state index contributed by atoms with van der Waals surface area (Å²) in [6, 6.07) is 14.2. The van der Waals surface area contributed by atoms with Crippen molar-refractivity contribution in [3.63, 3.8) is 0 Å². The van der Waals surface area contributed by atoms with Crippen LogP contribution in [0.3, 0.4) is 0 Å². The molecule has 1 amide bonds. The zero-order chi connectivity index (χ0) is 19.6. The first-order valence-corrected chi connectivity index (χ1v) is 9.02. The van der Waals surface area contributed by atoms with E-state index in [0.717, 1.165) is 16.5 Å². The summed E-state index contributed by atoms with van der Waals surface area (Å²) in [5.74, 6) is 0.356. The van der Waals surface area contributed by atoms with Gasteiger partial charge in [0, 0.05) is 17.1 Å². The predicted molar refractivity (Wildman–Crippen MR) is 109 cm³/mol. The predicted octanol–water partition coefficient (Wildman–Crippen LogP) is 4.22. The number of hydrogen-bond acceptors (Lipinski definition) is 3. The van der Waals surface area contributed by atoms with Gasteiger partial charge in [0.25, 0.3) is 5.56 Å². The maximum absolute atomic E-state index is 13.0. The van der Waals surface area contributed by atoms with Crippen LogP contribution >= 0.6 is 0 Å². The Morgan fingerprint density at radius 3 is 2.48 bits per heavy atom. The third kappa shape index (κ3) is 3.58. The molecule has 3 rings (SSSR count). The van der Waals surface area contributed by atoms with Crippen LogP contribution in [0, 0.1) is 13.8 Å². The lowest BCUT2D eigenvalue weighted by atomic mass is 10.1. The molecule has 0 aliphatic carbocycles. The molecule has 0 aliphatic rings. The molecular weight excluding hydrogens is 340 g/mol. The number of anilines is 1. The van der Waals surface area contributed by atoms with Gasteiger partial charge in [-0.05, 0) is 44.0 Å². The quantitative estimate of drug-likeness (QED) is 0.737. The van der Waals surface area contributed by atoms with Crippen molar-refractivity contribution in [1.29, 1.82) is 0 Å². The molecule has 2 aromatic carbocycles. The van der Waals surface area contributed by atoms with E-state index in [-0.39, 0.29) is 11.5 Å². The van der Waals surface area contributed by atoms with Gasteiger partial charge < -0.3 is 10.1 Å². The first-order chi connectivity index (χ1) is 13.0. The number of pyridine rings is 1. The van der Waals surface area contributed by atoms with Gasteiger partial charge in [-0.1, -0.05) is 36.8 Å². The van der Waals surface area contributed by atoms with Crippen LogP contribution in [-0.2, 0) is 4.79 Å². The van der Waals surface area contributed by atoms with Gasteiger partial charge in [-0.25, -0.2) is 0 Å². The van der Waals surface area contributed by atoms with Crippen molar-refractivity contribution in [2.75, 3.05) is 12.4 Å². The van der Waals surface area contributed by atoms with E-state index in [1.807, 2.05) is 63.2 Å². The Hall–Kier alpha value is -3.08. The Morgan fingerprint density at radius 1 is 1.15 bits per heavy atom. The van der Waals surface area contributed by atoms with Crippen molar-refractivity contribution in [1.82, 2.24) is 4.57 Å². The number of carbonyl (C=O) groups excluding carboxylic acids is 1. The fourth-order valence-electron chi connectivity index (χ4n) is 3.35. The first kappa shape index (κ1) is 18.7. The number of para-hydroxylation sites is 1. The third-order valence-electron chi connectivity index (χ3n) is 4.78. The fraction of sp³-hybridized carbons (Fsp3) is 0.273. The normalized spacial score (nSPS) is 12.0. The second kappa shape index (κ2) is 7.66. The van der Waals surface area contributed by atoms with Crippen LogP contribution in [0.25, 0.3) is 10.9 Å². The van der Waals surface area contributed by atoms with Crippen LogP contribution in [0.15, 0.2) is 53.3 Å².